The predicted octanol–water partition coefficient (Wildman–Crippen LogP) is 4.46. The Hall–Kier alpha value is -3.45. The number of halogens is 1. The molecule has 3 aromatic rings. The van der Waals surface area contributed by atoms with Gasteiger partial charge in [0, 0.05) is 11.3 Å². The number of amides is 1. The quantitative estimate of drug-likeness (QED) is 0.585. The minimum Gasteiger partial charge on any atom is -0.322 e. The summed E-state index contributed by atoms with van der Waals surface area (Å²) < 4.78 is 40.2. The van der Waals surface area contributed by atoms with Crippen LogP contribution in [0.3, 0.4) is 0 Å². The maximum Gasteiger partial charge on any atom is 0.264 e. The molecule has 0 aliphatic carbocycles. The molecular weight excluding hydrogens is 391 g/mol. The van der Waals surface area contributed by atoms with Gasteiger partial charge in [0.25, 0.3) is 15.9 Å². The number of nitrogens with zero attached hydrogens (tertiary/aromatic N) is 1. The number of benzene rings is 3. The second-order valence-corrected chi connectivity index (χ2v) is 8.01. The summed E-state index contributed by atoms with van der Waals surface area (Å²) in [5.41, 5.74) is 1.21. The normalized spacial score (nSPS) is 10.9. The molecule has 148 valence electrons. The van der Waals surface area contributed by atoms with E-state index in [1.807, 2.05) is 0 Å². The summed E-state index contributed by atoms with van der Waals surface area (Å²) in [6, 6.07) is 19.7. The van der Waals surface area contributed by atoms with Crippen LogP contribution >= 0.6 is 0 Å². The largest absolute Gasteiger partial charge is 0.322 e. The molecule has 29 heavy (non-hydrogen) atoms. The molecule has 7 heteroatoms. The Morgan fingerprint density at radius 2 is 1.59 bits per heavy atom. The lowest BCUT2D eigenvalue weighted by Crippen LogP contribution is -2.31. The van der Waals surface area contributed by atoms with Crippen LogP contribution in [-0.4, -0.2) is 20.9 Å². The highest BCUT2D eigenvalue weighted by atomic mass is 32.2. The van der Waals surface area contributed by atoms with E-state index in [-0.39, 0.29) is 17.3 Å². The van der Waals surface area contributed by atoms with Crippen molar-refractivity contribution in [3.63, 3.8) is 0 Å². The first-order chi connectivity index (χ1) is 13.9. The van der Waals surface area contributed by atoms with E-state index in [0.29, 0.717) is 16.9 Å². The van der Waals surface area contributed by atoms with Crippen LogP contribution < -0.4 is 9.62 Å². The van der Waals surface area contributed by atoms with Crippen molar-refractivity contribution in [1.29, 1.82) is 0 Å². The molecule has 5 nitrogen and oxygen atoms in total. The molecule has 0 saturated carbocycles. The first-order valence-electron chi connectivity index (χ1n) is 8.77. The van der Waals surface area contributed by atoms with Crippen molar-refractivity contribution in [1.82, 2.24) is 0 Å². The van der Waals surface area contributed by atoms with E-state index in [2.05, 4.69) is 11.9 Å². The number of sulfonamides is 1. The summed E-state index contributed by atoms with van der Waals surface area (Å²) >= 11 is 0. The Labute approximate surface area is 169 Å². The van der Waals surface area contributed by atoms with Crippen molar-refractivity contribution in [2.75, 3.05) is 16.2 Å². The Bertz CT molecular complexity index is 1100. The van der Waals surface area contributed by atoms with Crippen LogP contribution in [0.2, 0.25) is 0 Å². The summed E-state index contributed by atoms with van der Waals surface area (Å²) in [4.78, 5) is 12.5. The molecule has 0 heterocycles. The zero-order valence-corrected chi connectivity index (χ0v) is 16.3. The van der Waals surface area contributed by atoms with Gasteiger partial charge in [-0.05, 0) is 60.7 Å². The van der Waals surface area contributed by atoms with Crippen LogP contribution in [0.15, 0.2) is 96.4 Å². The minimum atomic E-state index is -3.78. The van der Waals surface area contributed by atoms with Crippen molar-refractivity contribution >= 4 is 27.3 Å². The molecule has 0 spiro atoms. The molecule has 0 saturated heterocycles. The van der Waals surface area contributed by atoms with E-state index >= 15 is 0 Å². The summed E-state index contributed by atoms with van der Waals surface area (Å²) in [6.45, 7) is 3.72. The summed E-state index contributed by atoms with van der Waals surface area (Å²) in [6.07, 6.45) is 1.50. The van der Waals surface area contributed by atoms with Crippen molar-refractivity contribution in [3.05, 3.63) is 103 Å². The maximum absolute atomic E-state index is 13.0. The molecule has 0 aliphatic heterocycles. The van der Waals surface area contributed by atoms with E-state index in [4.69, 9.17) is 0 Å². The van der Waals surface area contributed by atoms with Gasteiger partial charge in [-0.3, -0.25) is 9.10 Å². The summed E-state index contributed by atoms with van der Waals surface area (Å²) in [5, 5.41) is 2.66. The van der Waals surface area contributed by atoms with E-state index in [0.717, 1.165) is 0 Å². The molecule has 0 radical (unpaired) electrons. The number of hydrogen-bond donors (Lipinski definition) is 1. The Kier molecular flexibility index (Phi) is 6.09. The third-order valence-electron chi connectivity index (χ3n) is 4.15. The predicted molar refractivity (Wildman–Crippen MR) is 112 cm³/mol. The highest BCUT2D eigenvalue weighted by Crippen LogP contribution is 2.24. The molecule has 1 amide bonds. The van der Waals surface area contributed by atoms with Gasteiger partial charge < -0.3 is 5.32 Å². The number of nitrogens with one attached hydrogen (secondary N) is 1. The second kappa shape index (κ2) is 8.70. The number of hydrogen-bond acceptors (Lipinski definition) is 3. The lowest BCUT2D eigenvalue weighted by molar-refractivity contribution is 0.102. The van der Waals surface area contributed by atoms with Crippen LogP contribution in [0.5, 0.6) is 0 Å². The van der Waals surface area contributed by atoms with Gasteiger partial charge in [0.15, 0.2) is 0 Å². The van der Waals surface area contributed by atoms with Crippen molar-refractivity contribution in [2.24, 2.45) is 0 Å². The highest BCUT2D eigenvalue weighted by molar-refractivity contribution is 7.92. The lowest BCUT2D eigenvalue weighted by Gasteiger charge is -2.23. The van der Waals surface area contributed by atoms with Gasteiger partial charge in [0.1, 0.15) is 5.82 Å². The van der Waals surface area contributed by atoms with E-state index in [1.165, 1.54) is 58.9 Å². The number of carbonyl (C=O) groups excluding carboxylic acids is 1. The van der Waals surface area contributed by atoms with E-state index in [1.54, 1.807) is 30.3 Å². The third kappa shape index (κ3) is 4.70. The topological polar surface area (TPSA) is 66.5 Å². The van der Waals surface area contributed by atoms with Gasteiger partial charge in [-0.25, -0.2) is 12.8 Å². The van der Waals surface area contributed by atoms with Crippen molar-refractivity contribution in [2.45, 2.75) is 4.90 Å². The lowest BCUT2D eigenvalue weighted by atomic mass is 10.2. The van der Waals surface area contributed by atoms with Gasteiger partial charge in [-0.2, -0.15) is 0 Å². The minimum absolute atomic E-state index is 0.0817. The molecule has 3 aromatic carbocycles. The molecule has 0 bridgehead atoms. The van der Waals surface area contributed by atoms with E-state index in [9.17, 15) is 17.6 Å². The van der Waals surface area contributed by atoms with Gasteiger partial charge in [-0.15, -0.1) is 6.58 Å². The summed E-state index contributed by atoms with van der Waals surface area (Å²) in [7, 11) is -3.78. The summed E-state index contributed by atoms with van der Waals surface area (Å²) in [5.74, 6) is -0.779. The highest BCUT2D eigenvalue weighted by Gasteiger charge is 2.23. The fourth-order valence-electron chi connectivity index (χ4n) is 2.69. The number of anilines is 2. The second-order valence-electron chi connectivity index (χ2n) is 6.15. The first-order valence-corrected chi connectivity index (χ1v) is 10.2. The SMILES string of the molecule is C=CCN(c1ccc(C(=O)Nc2ccc(F)cc2)cc1)S(=O)(=O)c1ccccc1. The molecule has 0 fully saturated rings. The van der Waals surface area contributed by atoms with Gasteiger partial charge in [-0.1, -0.05) is 24.3 Å². The molecule has 0 atom stereocenters. The van der Waals surface area contributed by atoms with Gasteiger partial charge in [0.05, 0.1) is 17.1 Å². The average molecular weight is 410 g/mol. The molecule has 3 rings (SSSR count). The Balaban J connectivity index is 1.83. The van der Waals surface area contributed by atoms with Crippen molar-refractivity contribution in [3.8, 4) is 0 Å². The molecule has 0 aliphatic rings. The first kappa shape index (κ1) is 20.3. The van der Waals surface area contributed by atoms with Crippen LogP contribution in [0.1, 0.15) is 10.4 Å². The van der Waals surface area contributed by atoms with Crippen molar-refractivity contribution < 1.29 is 17.6 Å². The van der Waals surface area contributed by atoms with E-state index < -0.39 is 15.8 Å². The standard InChI is InChI=1S/C22H19FN2O3S/c1-2-16-25(29(27,28)21-6-4-3-5-7-21)20-14-8-17(9-15-20)22(26)24-19-12-10-18(23)11-13-19/h2-15H,1,16H2,(H,24,26). The molecule has 0 unspecified atom stereocenters. The molecule has 0 aromatic heterocycles. The maximum atomic E-state index is 13.0. The fourth-order valence-corrected chi connectivity index (χ4v) is 4.15. The zero-order valence-electron chi connectivity index (χ0n) is 15.5. The number of carbonyl (C=O) groups is 1. The Morgan fingerprint density at radius 1 is 0.966 bits per heavy atom. The molecular formula is C22H19FN2O3S. The monoisotopic (exact) mass is 410 g/mol. The van der Waals surface area contributed by atoms with Crippen LogP contribution in [-0.2, 0) is 10.0 Å². The Morgan fingerprint density at radius 3 is 2.17 bits per heavy atom. The smallest absolute Gasteiger partial charge is 0.264 e. The van der Waals surface area contributed by atoms with Crippen LogP contribution in [0.25, 0.3) is 0 Å². The average Bonchev–Trinajstić information content (AvgIpc) is 2.74. The third-order valence-corrected chi connectivity index (χ3v) is 5.95. The molecule has 1 N–H and O–H groups in total. The van der Waals surface area contributed by atoms with Crippen LogP contribution in [0, 0.1) is 5.82 Å². The van der Waals surface area contributed by atoms with Gasteiger partial charge in [0.2, 0.25) is 0 Å². The van der Waals surface area contributed by atoms with Gasteiger partial charge >= 0.3 is 0 Å². The number of rotatable bonds is 7. The fraction of sp³-hybridized carbons (Fsp3) is 0.0455. The van der Waals surface area contributed by atoms with Crippen LogP contribution in [0.4, 0.5) is 15.8 Å². The zero-order chi connectivity index (χ0) is 20.9.